The standard InChI is InChI=1S/C19H28N2O/c1-14(16-8-5-11-20-13-16)12-19(22)21-18-10-4-7-15-6-2-3-9-17(15)18/h2-3,6,9,14,16,18,20H,4-5,7-8,10-13H2,1H3,(H,21,22). The summed E-state index contributed by atoms with van der Waals surface area (Å²) in [5.74, 6) is 1.34. The first kappa shape index (κ1) is 15.5. The number of benzene rings is 1. The summed E-state index contributed by atoms with van der Waals surface area (Å²) in [7, 11) is 0. The summed E-state index contributed by atoms with van der Waals surface area (Å²) in [5, 5.41) is 6.74. The highest BCUT2D eigenvalue weighted by atomic mass is 16.1. The molecule has 3 nitrogen and oxygen atoms in total. The molecule has 3 heteroatoms. The van der Waals surface area contributed by atoms with Gasteiger partial charge in [-0.25, -0.2) is 0 Å². The number of amides is 1. The van der Waals surface area contributed by atoms with Crippen LogP contribution in [0.25, 0.3) is 0 Å². The van der Waals surface area contributed by atoms with E-state index >= 15 is 0 Å². The number of hydrogen-bond acceptors (Lipinski definition) is 2. The first-order valence-corrected chi connectivity index (χ1v) is 8.82. The van der Waals surface area contributed by atoms with Crippen molar-refractivity contribution in [2.24, 2.45) is 11.8 Å². The van der Waals surface area contributed by atoms with Gasteiger partial charge in [-0.05, 0) is 68.2 Å². The lowest BCUT2D eigenvalue weighted by atomic mass is 9.84. The molecular weight excluding hydrogens is 272 g/mol. The second kappa shape index (κ2) is 7.28. The highest BCUT2D eigenvalue weighted by Gasteiger charge is 2.25. The third-order valence-corrected chi connectivity index (χ3v) is 5.35. The Morgan fingerprint density at radius 2 is 2.18 bits per heavy atom. The monoisotopic (exact) mass is 300 g/mol. The molecular formula is C19H28N2O. The fourth-order valence-corrected chi connectivity index (χ4v) is 3.98. The van der Waals surface area contributed by atoms with Gasteiger partial charge in [-0.3, -0.25) is 4.79 Å². The van der Waals surface area contributed by atoms with E-state index in [-0.39, 0.29) is 11.9 Å². The minimum Gasteiger partial charge on any atom is -0.349 e. The van der Waals surface area contributed by atoms with Crippen molar-refractivity contribution in [3.8, 4) is 0 Å². The summed E-state index contributed by atoms with van der Waals surface area (Å²) < 4.78 is 0. The minimum absolute atomic E-state index is 0.217. The second-order valence-corrected chi connectivity index (χ2v) is 7.00. The van der Waals surface area contributed by atoms with E-state index in [2.05, 4.69) is 41.8 Å². The summed E-state index contributed by atoms with van der Waals surface area (Å²) >= 11 is 0. The molecule has 0 bridgehead atoms. The predicted molar refractivity (Wildman–Crippen MR) is 89.6 cm³/mol. The molecule has 0 saturated carbocycles. The second-order valence-electron chi connectivity index (χ2n) is 7.00. The summed E-state index contributed by atoms with van der Waals surface area (Å²) in [5.41, 5.74) is 2.73. The summed E-state index contributed by atoms with van der Waals surface area (Å²) in [6.07, 6.45) is 6.55. The molecule has 1 fully saturated rings. The highest BCUT2D eigenvalue weighted by Crippen LogP contribution is 2.30. The Hall–Kier alpha value is -1.35. The van der Waals surface area contributed by atoms with Crippen LogP contribution in [0.1, 0.15) is 56.2 Å². The first-order chi connectivity index (χ1) is 10.7. The molecule has 0 radical (unpaired) electrons. The molecule has 1 saturated heterocycles. The van der Waals surface area contributed by atoms with Crippen LogP contribution in [0.2, 0.25) is 0 Å². The van der Waals surface area contributed by atoms with E-state index in [1.165, 1.54) is 30.4 Å². The van der Waals surface area contributed by atoms with Gasteiger partial charge in [0.1, 0.15) is 0 Å². The molecule has 0 spiro atoms. The maximum atomic E-state index is 12.4. The van der Waals surface area contributed by atoms with Crippen molar-refractivity contribution in [2.45, 2.75) is 51.5 Å². The molecule has 0 aromatic heterocycles. The van der Waals surface area contributed by atoms with Crippen LogP contribution in [0, 0.1) is 11.8 Å². The van der Waals surface area contributed by atoms with E-state index in [1.807, 2.05) is 0 Å². The van der Waals surface area contributed by atoms with Crippen LogP contribution in [-0.4, -0.2) is 19.0 Å². The number of aryl methyl sites for hydroxylation is 1. The predicted octanol–water partition coefficient (Wildman–Crippen LogP) is 3.21. The highest BCUT2D eigenvalue weighted by molar-refractivity contribution is 5.76. The zero-order valence-electron chi connectivity index (χ0n) is 13.6. The topological polar surface area (TPSA) is 41.1 Å². The number of hydrogen-bond donors (Lipinski definition) is 2. The number of nitrogens with one attached hydrogen (secondary N) is 2. The fourth-order valence-electron chi connectivity index (χ4n) is 3.98. The Morgan fingerprint density at radius 1 is 1.32 bits per heavy atom. The van der Waals surface area contributed by atoms with Crippen molar-refractivity contribution < 1.29 is 4.79 Å². The van der Waals surface area contributed by atoms with Gasteiger partial charge < -0.3 is 10.6 Å². The molecule has 1 aliphatic carbocycles. The lowest BCUT2D eigenvalue weighted by Crippen LogP contribution is -2.37. The van der Waals surface area contributed by atoms with Gasteiger partial charge in [0, 0.05) is 6.42 Å². The van der Waals surface area contributed by atoms with E-state index in [9.17, 15) is 4.79 Å². The Labute approximate surface area is 133 Å². The minimum atomic E-state index is 0.217. The van der Waals surface area contributed by atoms with E-state index < -0.39 is 0 Å². The van der Waals surface area contributed by atoms with Crippen molar-refractivity contribution in [1.82, 2.24) is 10.6 Å². The quantitative estimate of drug-likeness (QED) is 0.896. The molecule has 22 heavy (non-hydrogen) atoms. The number of carbonyl (C=O) groups is 1. The van der Waals surface area contributed by atoms with E-state index in [0.717, 1.165) is 25.9 Å². The Bertz CT molecular complexity index is 508. The van der Waals surface area contributed by atoms with Gasteiger partial charge in [-0.15, -0.1) is 0 Å². The van der Waals surface area contributed by atoms with Gasteiger partial charge in [0.2, 0.25) is 5.91 Å². The number of carbonyl (C=O) groups excluding carboxylic acids is 1. The van der Waals surface area contributed by atoms with E-state index in [1.54, 1.807) is 0 Å². The molecule has 3 rings (SSSR count). The average Bonchev–Trinajstić information content (AvgIpc) is 2.56. The van der Waals surface area contributed by atoms with Crippen molar-refractivity contribution in [1.29, 1.82) is 0 Å². The maximum absolute atomic E-state index is 12.4. The number of fused-ring (bicyclic) bond motifs is 1. The average molecular weight is 300 g/mol. The Balaban J connectivity index is 1.56. The van der Waals surface area contributed by atoms with Gasteiger partial charge in [-0.2, -0.15) is 0 Å². The van der Waals surface area contributed by atoms with Crippen LogP contribution in [0.5, 0.6) is 0 Å². The van der Waals surface area contributed by atoms with Gasteiger partial charge in [0.15, 0.2) is 0 Å². The molecule has 3 unspecified atom stereocenters. The SMILES string of the molecule is CC(CC(=O)NC1CCCc2ccccc21)C1CCCNC1. The molecule has 1 aliphatic heterocycles. The summed E-state index contributed by atoms with van der Waals surface area (Å²) in [4.78, 5) is 12.4. The normalized spacial score (nSPS) is 26.0. The Kier molecular flexibility index (Phi) is 5.14. The smallest absolute Gasteiger partial charge is 0.220 e. The van der Waals surface area contributed by atoms with E-state index in [4.69, 9.17) is 0 Å². The van der Waals surface area contributed by atoms with Crippen LogP contribution >= 0.6 is 0 Å². The van der Waals surface area contributed by atoms with Crippen LogP contribution in [0.15, 0.2) is 24.3 Å². The van der Waals surface area contributed by atoms with Crippen LogP contribution in [-0.2, 0) is 11.2 Å². The lowest BCUT2D eigenvalue weighted by molar-refractivity contribution is -0.123. The maximum Gasteiger partial charge on any atom is 0.220 e. The summed E-state index contributed by atoms with van der Waals surface area (Å²) in [6, 6.07) is 8.77. The van der Waals surface area contributed by atoms with Gasteiger partial charge in [0.05, 0.1) is 6.04 Å². The van der Waals surface area contributed by atoms with Crippen LogP contribution < -0.4 is 10.6 Å². The van der Waals surface area contributed by atoms with Crippen molar-refractivity contribution >= 4 is 5.91 Å². The molecule has 2 aliphatic rings. The van der Waals surface area contributed by atoms with Gasteiger partial charge in [0.25, 0.3) is 0 Å². The molecule has 2 N–H and O–H groups in total. The number of rotatable bonds is 4. The van der Waals surface area contributed by atoms with Crippen LogP contribution in [0.3, 0.4) is 0 Å². The number of piperidine rings is 1. The fraction of sp³-hybridized carbons (Fsp3) is 0.632. The van der Waals surface area contributed by atoms with Crippen LogP contribution in [0.4, 0.5) is 0 Å². The molecule has 3 atom stereocenters. The largest absolute Gasteiger partial charge is 0.349 e. The van der Waals surface area contributed by atoms with Crippen molar-refractivity contribution in [3.63, 3.8) is 0 Å². The van der Waals surface area contributed by atoms with Crippen molar-refractivity contribution in [3.05, 3.63) is 35.4 Å². The molecule has 120 valence electrons. The molecule has 1 amide bonds. The molecule has 1 aromatic rings. The third kappa shape index (κ3) is 3.70. The first-order valence-electron chi connectivity index (χ1n) is 8.82. The third-order valence-electron chi connectivity index (χ3n) is 5.35. The van der Waals surface area contributed by atoms with Gasteiger partial charge >= 0.3 is 0 Å². The zero-order chi connectivity index (χ0) is 15.4. The lowest BCUT2D eigenvalue weighted by Gasteiger charge is -2.30. The Morgan fingerprint density at radius 3 is 3.00 bits per heavy atom. The zero-order valence-corrected chi connectivity index (χ0v) is 13.6. The van der Waals surface area contributed by atoms with Gasteiger partial charge in [-0.1, -0.05) is 31.2 Å². The van der Waals surface area contributed by atoms with E-state index in [0.29, 0.717) is 18.3 Å². The van der Waals surface area contributed by atoms with Crippen molar-refractivity contribution in [2.75, 3.05) is 13.1 Å². The molecule has 1 aromatic carbocycles. The molecule has 1 heterocycles. The summed E-state index contributed by atoms with van der Waals surface area (Å²) in [6.45, 7) is 4.43.